The lowest BCUT2D eigenvalue weighted by atomic mass is 10.3. The number of aromatic nitrogens is 1. The third-order valence-electron chi connectivity index (χ3n) is 1.75. The van der Waals surface area contributed by atoms with Crippen molar-refractivity contribution in [3.05, 3.63) is 30.5 Å². The monoisotopic (exact) mass is 208 g/mol. The van der Waals surface area contributed by atoms with Gasteiger partial charge >= 0.3 is 5.97 Å². The average Bonchev–Trinajstić information content (AvgIpc) is 2.26. The number of anilines is 1. The van der Waals surface area contributed by atoms with Gasteiger partial charge in [0.25, 0.3) is 0 Å². The lowest BCUT2D eigenvalue weighted by Crippen LogP contribution is -2.11. The molecule has 0 radical (unpaired) electrons. The van der Waals surface area contributed by atoms with Crippen molar-refractivity contribution in [2.75, 3.05) is 19.0 Å². The van der Waals surface area contributed by atoms with Crippen LogP contribution < -0.4 is 10.1 Å². The quantitative estimate of drug-likeness (QED) is 0.710. The molecule has 15 heavy (non-hydrogen) atoms. The Morgan fingerprint density at radius 1 is 1.67 bits per heavy atom. The van der Waals surface area contributed by atoms with Gasteiger partial charge in [-0.15, -0.1) is 0 Å². The van der Waals surface area contributed by atoms with E-state index in [9.17, 15) is 4.79 Å². The summed E-state index contributed by atoms with van der Waals surface area (Å²) in [5.41, 5.74) is 0.823. The van der Waals surface area contributed by atoms with Crippen molar-refractivity contribution in [2.45, 2.75) is 0 Å². The fourth-order valence-electron chi connectivity index (χ4n) is 0.890. The Morgan fingerprint density at radius 3 is 2.87 bits per heavy atom. The maximum absolute atomic E-state index is 10.4. The summed E-state index contributed by atoms with van der Waals surface area (Å²) in [6, 6.07) is 3.44. The van der Waals surface area contributed by atoms with Crippen LogP contribution in [0.1, 0.15) is 0 Å². The van der Waals surface area contributed by atoms with Crippen LogP contribution in [0.2, 0.25) is 0 Å². The molecule has 0 aliphatic carbocycles. The van der Waals surface area contributed by atoms with E-state index in [1.165, 1.54) is 7.11 Å². The first-order valence-corrected chi connectivity index (χ1v) is 4.28. The maximum atomic E-state index is 10.4. The van der Waals surface area contributed by atoms with E-state index in [2.05, 4.69) is 16.9 Å². The van der Waals surface area contributed by atoms with E-state index in [-0.39, 0.29) is 12.1 Å². The van der Waals surface area contributed by atoms with Crippen LogP contribution in [0.4, 0.5) is 5.69 Å². The molecule has 80 valence electrons. The van der Waals surface area contributed by atoms with Crippen LogP contribution in [-0.2, 0) is 4.79 Å². The number of rotatable bonds is 5. The minimum atomic E-state index is -1.01. The minimum absolute atomic E-state index is 0.103. The summed E-state index contributed by atoms with van der Waals surface area (Å²) < 4.78 is 4.88. The Labute approximate surface area is 87.4 Å². The third-order valence-corrected chi connectivity index (χ3v) is 1.75. The van der Waals surface area contributed by atoms with Gasteiger partial charge in [-0.05, 0) is 6.07 Å². The molecule has 1 aromatic rings. The second-order valence-corrected chi connectivity index (χ2v) is 2.85. The van der Waals surface area contributed by atoms with Gasteiger partial charge in [-0.25, -0.2) is 9.78 Å². The van der Waals surface area contributed by atoms with Crippen molar-refractivity contribution in [3.63, 3.8) is 0 Å². The number of aliphatic carboxylic acids is 1. The van der Waals surface area contributed by atoms with Gasteiger partial charge in [0.2, 0.25) is 5.88 Å². The van der Waals surface area contributed by atoms with E-state index in [0.29, 0.717) is 5.88 Å². The SMILES string of the molecule is C=C(CNc1ccc(OC)nc1)C(=O)O. The van der Waals surface area contributed by atoms with Gasteiger partial charge < -0.3 is 15.2 Å². The number of hydrogen-bond donors (Lipinski definition) is 2. The van der Waals surface area contributed by atoms with Crippen molar-refractivity contribution in [2.24, 2.45) is 0 Å². The summed E-state index contributed by atoms with van der Waals surface area (Å²) in [6.45, 7) is 3.58. The second kappa shape index (κ2) is 4.99. The van der Waals surface area contributed by atoms with Gasteiger partial charge in [-0.2, -0.15) is 0 Å². The standard InChI is InChI=1S/C10H12N2O3/c1-7(10(13)14)5-11-8-3-4-9(15-2)12-6-8/h3-4,6,11H,1,5H2,2H3,(H,13,14). The smallest absolute Gasteiger partial charge is 0.332 e. The molecule has 1 heterocycles. The number of carboxylic acid groups (broad SMARTS) is 1. The highest BCUT2D eigenvalue weighted by molar-refractivity contribution is 5.86. The van der Waals surface area contributed by atoms with Gasteiger partial charge in [-0.3, -0.25) is 0 Å². The molecular formula is C10H12N2O3. The fraction of sp³-hybridized carbons (Fsp3) is 0.200. The van der Waals surface area contributed by atoms with Gasteiger partial charge in [0.15, 0.2) is 0 Å². The summed E-state index contributed by atoms with van der Waals surface area (Å²) in [5, 5.41) is 11.4. The van der Waals surface area contributed by atoms with Crippen molar-refractivity contribution >= 4 is 11.7 Å². The van der Waals surface area contributed by atoms with E-state index >= 15 is 0 Å². The molecule has 0 saturated carbocycles. The van der Waals surface area contributed by atoms with E-state index in [4.69, 9.17) is 9.84 Å². The highest BCUT2D eigenvalue weighted by atomic mass is 16.5. The number of hydrogen-bond acceptors (Lipinski definition) is 4. The highest BCUT2D eigenvalue weighted by Gasteiger charge is 2.03. The number of ether oxygens (including phenoxy) is 1. The summed E-state index contributed by atoms with van der Waals surface area (Å²) in [5.74, 6) is -0.499. The summed E-state index contributed by atoms with van der Waals surface area (Å²) in [7, 11) is 1.53. The van der Waals surface area contributed by atoms with E-state index in [0.717, 1.165) is 5.69 Å². The fourth-order valence-corrected chi connectivity index (χ4v) is 0.890. The highest BCUT2D eigenvalue weighted by Crippen LogP contribution is 2.10. The maximum Gasteiger partial charge on any atom is 0.332 e. The second-order valence-electron chi connectivity index (χ2n) is 2.85. The number of carboxylic acids is 1. The van der Waals surface area contributed by atoms with Crippen molar-refractivity contribution < 1.29 is 14.6 Å². The molecule has 0 spiro atoms. The molecule has 1 rings (SSSR count). The predicted octanol–water partition coefficient (Wildman–Crippen LogP) is 1.14. The zero-order valence-electron chi connectivity index (χ0n) is 8.36. The van der Waals surface area contributed by atoms with Crippen LogP contribution in [0.15, 0.2) is 30.5 Å². The zero-order valence-corrected chi connectivity index (χ0v) is 8.36. The van der Waals surface area contributed by atoms with Crippen LogP contribution in [-0.4, -0.2) is 29.7 Å². The molecule has 0 aliphatic rings. The Hall–Kier alpha value is -2.04. The lowest BCUT2D eigenvalue weighted by Gasteiger charge is -2.05. The Bertz CT molecular complexity index is 359. The molecule has 0 saturated heterocycles. The molecule has 5 nitrogen and oxygen atoms in total. The number of methoxy groups -OCH3 is 1. The zero-order chi connectivity index (χ0) is 11.3. The molecule has 0 aliphatic heterocycles. The Kier molecular flexibility index (Phi) is 3.68. The van der Waals surface area contributed by atoms with Crippen molar-refractivity contribution in [3.8, 4) is 5.88 Å². The first-order valence-electron chi connectivity index (χ1n) is 4.28. The summed E-state index contributed by atoms with van der Waals surface area (Å²) in [4.78, 5) is 14.4. The topological polar surface area (TPSA) is 71.5 Å². The predicted molar refractivity (Wildman–Crippen MR) is 56.1 cm³/mol. The van der Waals surface area contributed by atoms with E-state index < -0.39 is 5.97 Å². The molecule has 0 bridgehead atoms. The number of pyridine rings is 1. The molecule has 5 heteroatoms. The van der Waals surface area contributed by atoms with Crippen LogP contribution in [0.25, 0.3) is 0 Å². The van der Waals surface area contributed by atoms with Gasteiger partial charge in [-0.1, -0.05) is 6.58 Å². The summed E-state index contributed by atoms with van der Waals surface area (Å²) >= 11 is 0. The lowest BCUT2D eigenvalue weighted by molar-refractivity contribution is -0.132. The van der Waals surface area contributed by atoms with Crippen LogP contribution in [0.3, 0.4) is 0 Å². The molecule has 0 fully saturated rings. The van der Waals surface area contributed by atoms with E-state index in [1.807, 2.05) is 0 Å². The van der Waals surface area contributed by atoms with Crippen molar-refractivity contribution in [1.82, 2.24) is 4.98 Å². The van der Waals surface area contributed by atoms with Crippen molar-refractivity contribution in [1.29, 1.82) is 0 Å². The van der Waals surface area contributed by atoms with Gasteiger partial charge in [0, 0.05) is 18.2 Å². The first-order chi connectivity index (χ1) is 7.13. The summed E-state index contributed by atoms with van der Waals surface area (Å²) in [6.07, 6.45) is 1.56. The molecule has 0 atom stereocenters. The Balaban J connectivity index is 2.51. The Morgan fingerprint density at radius 2 is 2.40 bits per heavy atom. The number of nitrogens with one attached hydrogen (secondary N) is 1. The number of nitrogens with zero attached hydrogens (tertiary/aromatic N) is 1. The molecule has 0 aromatic carbocycles. The minimum Gasteiger partial charge on any atom is -0.481 e. The third kappa shape index (κ3) is 3.30. The molecular weight excluding hydrogens is 196 g/mol. The van der Waals surface area contributed by atoms with Gasteiger partial charge in [0.1, 0.15) is 0 Å². The van der Waals surface area contributed by atoms with Crippen LogP contribution in [0, 0.1) is 0 Å². The van der Waals surface area contributed by atoms with Gasteiger partial charge in [0.05, 0.1) is 19.0 Å². The van der Waals surface area contributed by atoms with E-state index in [1.54, 1.807) is 18.3 Å². The normalized spacial score (nSPS) is 9.40. The average molecular weight is 208 g/mol. The van der Waals surface area contributed by atoms with Crippen LogP contribution in [0.5, 0.6) is 5.88 Å². The largest absolute Gasteiger partial charge is 0.481 e. The number of carbonyl (C=O) groups is 1. The molecule has 0 amide bonds. The first kappa shape index (κ1) is 11.0. The molecule has 0 unspecified atom stereocenters. The molecule has 1 aromatic heterocycles. The molecule has 2 N–H and O–H groups in total. The van der Waals surface area contributed by atoms with Crippen LogP contribution >= 0.6 is 0 Å².